The van der Waals surface area contributed by atoms with Crippen molar-refractivity contribution in [2.24, 2.45) is 0 Å². The highest BCUT2D eigenvalue weighted by Crippen LogP contribution is 2.23. The molecule has 0 saturated heterocycles. The van der Waals surface area contributed by atoms with Gasteiger partial charge < -0.3 is 5.32 Å². The predicted molar refractivity (Wildman–Crippen MR) is 68.8 cm³/mol. The van der Waals surface area contributed by atoms with E-state index in [1.54, 1.807) is 11.3 Å². The lowest BCUT2D eigenvalue weighted by atomic mass is 10.1. The van der Waals surface area contributed by atoms with Crippen molar-refractivity contribution < 1.29 is 0 Å². The van der Waals surface area contributed by atoms with Crippen LogP contribution in [-0.2, 0) is 6.42 Å². The monoisotopic (exact) mass is 237 g/mol. The Morgan fingerprint density at radius 2 is 2.27 bits per heavy atom. The van der Waals surface area contributed by atoms with Crippen LogP contribution < -0.4 is 5.32 Å². The van der Waals surface area contributed by atoms with Gasteiger partial charge in [-0.05, 0) is 46.8 Å². The number of hydrogen-bond acceptors (Lipinski definition) is 3. The van der Waals surface area contributed by atoms with Gasteiger partial charge in [0.1, 0.15) is 0 Å². The molecule has 2 rings (SSSR count). The van der Waals surface area contributed by atoms with Crippen molar-refractivity contribution in [2.45, 2.75) is 19.4 Å². The van der Waals surface area contributed by atoms with Crippen molar-refractivity contribution in [1.82, 2.24) is 5.32 Å². The maximum atomic E-state index is 3.54. The maximum Gasteiger partial charge on any atom is 0.0455 e. The predicted octanol–water partition coefficient (Wildman–Crippen LogP) is 3.70. The van der Waals surface area contributed by atoms with Gasteiger partial charge >= 0.3 is 0 Å². The smallest absolute Gasteiger partial charge is 0.0455 e. The summed E-state index contributed by atoms with van der Waals surface area (Å²) in [7, 11) is 0. The van der Waals surface area contributed by atoms with E-state index in [1.165, 1.54) is 10.4 Å². The molecular formula is C12H15NS2. The molecule has 0 aliphatic heterocycles. The molecule has 0 amide bonds. The third-order valence-corrected chi connectivity index (χ3v) is 4.08. The van der Waals surface area contributed by atoms with Crippen LogP contribution in [0, 0.1) is 0 Å². The number of hydrogen-bond donors (Lipinski definition) is 1. The molecule has 0 aromatic carbocycles. The summed E-state index contributed by atoms with van der Waals surface area (Å²) in [4.78, 5) is 1.43. The quantitative estimate of drug-likeness (QED) is 0.836. The van der Waals surface area contributed by atoms with E-state index in [0.29, 0.717) is 6.04 Å². The number of rotatable bonds is 5. The lowest BCUT2D eigenvalue weighted by Gasteiger charge is -2.15. The first-order valence-corrected chi connectivity index (χ1v) is 7.00. The van der Waals surface area contributed by atoms with Crippen LogP contribution in [0.4, 0.5) is 0 Å². The SMILES string of the molecule is CCNC(Cc1ccsc1)c1cccs1. The van der Waals surface area contributed by atoms with E-state index in [-0.39, 0.29) is 0 Å². The van der Waals surface area contributed by atoms with E-state index >= 15 is 0 Å². The molecule has 1 unspecified atom stereocenters. The number of likely N-dealkylation sites (N-methyl/N-ethyl adjacent to an activating group) is 1. The molecule has 0 bridgehead atoms. The van der Waals surface area contributed by atoms with Crippen molar-refractivity contribution in [2.75, 3.05) is 6.54 Å². The van der Waals surface area contributed by atoms with Crippen LogP contribution >= 0.6 is 22.7 Å². The van der Waals surface area contributed by atoms with E-state index in [1.807, 2.05) is 11.3 Å². The number of nitrogens with one attached hydrogen (secondary N) is 1. The summed E-state index contributed by atoms with van der Waals surface area (Å²) >= 11 is 3.61. The minimum Gasteiger partial charge on any atom is -0.309 e. The van der Waals surface area contributed by atoms with Gasteiger partial charge in [-0.3, -0.25) is 0 Å². The van der Waals surface area contributed by atoms with Crippen LogP contribution in [0.1, 0.15) is 23.4 Å². The topological polar surface area (TPSA) is 12.0 Å². The minimum absolute atomic E-state index is 0.476. The van der Waals surface area contributed by atoms with Crippen LogP contribution in [0.5, 0.6) is 0 Å². The van der Waals surface area contributed by atoms with Crippen LogP contribution in [0.15, 0.2) is 34.3 Å². The Hall–Kier alpha value is -0.640. The van der Waals surface area contributed by atoms with E-state index in [0.717, 1.165) is 13.0 Å². The van der Waals surface area contributed by atoms with Crippen molar-refractivity contribution in [3.63, 3.8) is 0 Å². The maximum absolute atomic E-state index is 3.54. The van der Waals surface area contributed by atoms with Gasteiger partial charge in [0.05, 0.1) is 0 Å². The molecule has 3 heteroatoms. The highest BCUT2D eigenvalue weighted by atomic mass is 32.1. The third-order valence-electron chi connectivity index (χ3n) is 2.36. The average molecular weight is 237 g/mol. The normalized spacial score (nSPS) is 12.9. The molecule has 2 aromatic rings. The summed E-state index contributed by atoms with van der Waals surface area (Å²) in [6.45, 7) is 3.18. The highest BCUT2D eigenvalue weighted by Gasteiger charge is 2.11. The molecule has 80 valence electrons. The first-order chi connectivity index (χ1) is 7.40. The summed E-state index contributed by atoms with van der Waals surface area (Å²) in [5, 5.41) is 10.1. The molecule has 0 fully saturated rings. The molecule has 1 N–H and O–H groups in total. The molecule has 15 heavy (non-hydrogen) atoms. The molecule has 2 heterocycles. The molecule has 1 nitrogen and oxygen atoms in total. The summed E-state index contributed by atoms with van der Waals surface area (Å²) < 4.78 is 0. The number of thiophene rings is 2. The Kier molecular flexibility index (Phi) is 3.94. The molecular weight excluding hydrogens is 222 g/mol. The Bertz CT molecular complexity index is 364. The summed E-state index contributed by atoms with van der Waals surface area (Å²) in [5.74, 6) is 0. The van der Waals surface area contributed by atoms with Gasteiger partial charge in [-0.2, -0.15) is 11.3 Å². The lowest BCUT2D eigenvalue weighted by Crippen LogP contribution is -2.21. The standard InChI is InChI=1S/C12H15NS2/c1-2-13-11(12-4-3-6-15-12)8-10-5-7-14-9-10/h3-7,9,11,13H,2,8H2,1H3. The molecule has 0 radical (unpaired) electrons. The lowest BCUT2D eigenvalue weighted by molar-refractivity contribution is 0.559. The first-order valence-electron chi connectivity index (χ1n) is 5.18. The van der Waals surface area contributed by atoms with Gasteiger partial charge in [-0.15, -0.1) is 11.3 Å². The highest BCUT2D eigenvalue weighted by molar-refractivity contribution is 7.10. The Labute approximate surface area is 98.8 Å². The van der Waals surface area contributed by atoms with Crippen LogP contribution in [0.2, 0.25) is 0 Å². The van der Waals surface area contributed by atoms with E-state index < -0.39 is 0 Å². The summed E-state index contributed by atoms with van der Waals surface area (Å²) in [6, 6.07) is 7.02. The zero-order valence-corrected chi connectivity index (χ0v) is 10.4. The van der Waals surface area contributed by atoms with E-state index in [2.05, 4.69) is 46.6 Å². The van der Waals surface area contributed by atoms with Crippen LogP contribution in [-0.4, -0.2) is 6.54 Å². The van der Waals surface area contributed by atoms with Crippen LogP contribution in [0.3, 0.4) is 0 Å². The second-order valence-electron chi connectivity index (χ2n) is 3.46. The summed E-state index contributed by atoms with van der Waals surface area (Å²) in [6.07, 6.45) is 1.10. The van der Waals surface area contributed by atoms with Crippen molar-refractivity contribution in [3.05, 3.63) is 44.8 Å². The van der Waals surface area contributed by atoms with Gasteiger partial charge in [0.15, 0.2) is 0 Å². The fourth-order valence-electron chi connectivity index (χ4n) is 1.65. The van der Waals surface area contributed by atoms with Crippen molar-refractivity contribution in [1.29, 1.82) is 0 Å². The zero-order valence-electron chi connectivity index (χ0n) is 8.77. The second kappa shape index (κ2) is 5.45. The third kappa shape index (κ3) is 2.91. The van der Waals surface area contributed by atoms with Gasteiger partial charge in [0.25, 0.3) is 0 Å². The summed E-state index contributed by atoms with van der Waals surface area (Å²) in [5.41, 5.74) is 1.43. The molecule has 0 aliphatic carbocycles. The molecule has 1 atom stereocenters. The molecule has 2 aromatic heterocycles. The Morgan fingerprint density at radius 3 is 2.87 bits per heavy atom. The van der Waals surface area contributed by atoms with Gasteiger partial charge in [-0.1, -0.05) is 13.0 Å². The van der Waals surface area contributed by atoms with Gasteiger partial charge in [0, 0.05) is 10.9 Å². The minimum atomic E-state index is 0.476. The Morgan fingerprint density at radius 1 is 1.33 bits per heavy atom. The zero-order chi connectivity index (χ0) is 10.5. The second-order valence-corrected chi connectivity index (χ2v) is 5.22. The van der Waals surface area contributed by atoms with E-state index in [9.17, 15) is 0 Å². The van der Waals surface area contributed by atoms with Gasteiger partial charge in [0.2, 0.25) is 0 Å². The molecule has 0 spiro atoms. The fraction of sp³-hybridized carbons (Fsp3) is 0.333. The van der Waals surface area contributed by atoms with Gasteiger partial charge in [-0.25, -0.2) is 0 Å². The van der Waals surface area contributed by atoms with Crippen molar-refractivity contribution >= 4 is 22.7 Å². The van der Waals surface area contributed by atoms with Crippen LogP contribution in [0.25, 0.3) is 0 Å². The average Bonchev–Trinajstić information content (AvgIpc) is 2.89. The van der Waals surface area contributed by atoms with E-state index in [4.69, 9.17) is 0 Å². The molecule has 0 aliphatic rings. The molecule has 0 saturated carbocycles. The first kappa shape index (κ1) is 10.9. The Balaban J connectivity index is 2.07. The largest absolute Gasteiger partial charge is 0.309 e. The van der Waals surface area contributed by atoms with Crippen molar-refractivity contribution in [3.8, 4) is 0 Å². The fourth-order valence-corrected chi connectivity index (χ4v) is 3.14.